The van der Waals surface area contributed by atoms with Gasteiger partial charge in [0.2, 0.25) is 0 Å². The van der Waals surface area contributed by atoms with Crippen LogP contribution in [0, 0.1) is 5.92 Å². The van der Waals surface area contributed by atoms with Gasteiger partial charge in [-0.25, -0.2) is 0 Å². The maximum Gasteiger partial charge on any atom is 0.0769 e. The zero-order chi connectivity index (χ0) is 9.10. The van der Waals surface area contributed by atoms with Crippen molar-refractivity contribution in [2.75, 3.05) is 0 Å². The highest BCUT2D eigenvalue weighted by molar-refractivity contribution is 4.99. The summed E-state index contributed by atoms with van der Waals surface area (Å²) in [6.45, 7) is 3.08. The maximum atomic E-state index is 4.02. The monoisotopic (exact) mass is 177 g/mol. The average molecular weight is 177 g/mol. The van der Waals surface area contributed by atoms with E-state index in [1.54, 1.807) is 6.20 Å². The molecule has 1 N–H and O–H groups in total. The third-order valence-electron chi connectivity index (χ3n) is 2.56. The number of nitrogens with zero attached hydrogens (tertiary/aromatic N) is 2. The second kappa shape index (κ2) is 3.83. The van der Waals surface area contributed by atoms with Crippen LogP contribution in [-0.2, 0) is 6.54 Å². The summed E-state index contributed by atoms with van der Waals surface area (Å²) in [5.41, 5.74) is 1.02. The van der Waals surface area contributed by atoms with E-state index in [1.807, 2.05) is 12.1 Å². The molecule has 3 heteroatoms. The highest BCUT2D eigenvalue weighted by Crippen LogP contribution is 2.32. The predicted molar refractivity (Wildman–Crippen MR) is 51.1 cm³/mol. The van der Waals surface area contributed by atoms with Crippen LogP contribution in [0.15, 0.2) is 18.3 Å². The van der Waals surface area contributed by atoms with E-state index >= 15 is 0 Å². The lowest BCUT2D eigenvalue weighted by atomic mass is 10.2. The van der Waals surface area contributed by atoms with Crippen LogP contribution in [0.25, 0.3) is 0 Å². The van der Waals surface area contributed by atoms with E-state index in [4.69, 9.17) is 0 Å². The zero-order valence-electron chi connectivity index (χ0n) is 7.90. The van der Waals surface area contributed by atoms with Gasteiger partial charge in [-0.3, -0.25) is 0 Å². The topological polar surface area (TPSA) is 37.8 Å². The molecule has 1 atom stereocenters. The molecule has 13 heavy (non-hydrogen) atoms. The van der Waals surface area contributed by atoms with Crippen LogP contribution >= 0.6 is 0 Å². The molecule has 2 rings (SSSR count). The fraction of sp³-hybridized carbons (Fsp3) is 0.600. The molecule has 1 aromatic heterocycles. The van der Waals surface area contributed by atoms with Gasteiger partial charge in [-0.05, 0) is 37.8 Å². The summed E-state index contributed by atoms with van der Waals surface area (Å²) in [6.07, 6.45) is 4.47. The Morgan fingerprint density at radius 3 is 3.08 bits per heavy atom. The fourth-order valence-electron chi connectivity index (χ4n) is 1.46. The summed E-state index contributed by atoms with van der Waals surface area (Å²) in [4.78, 5) is 0. The minimum absolute atomic E-state index is 0.627. The first kappa shape index (κ1) is 8.63. The molecule has 1 fully saturated rings. The Hall–Kier alpha value is -0.960. The molecule has 0 amide bonds. The zero-order valence-corrected chi connectivity index (χ0v) is 7.90. The van der Waals surface area contributed by atoms with Crippen LogP contribution in [0.2, 0.25) is 0 Å². The first-order valence-corrected chi connectivity index (χ1v) is 4.86. The molecular weight excluding hydrogens is 162 g/mol. The van der Waals surface area contributed by atoms with Gasteiger partial charge in [0, 0.05) is 18.8 Å². The standard InChI is InChI=1S/C10H15N3/c1-8(9-4-5-9)11-7-10-3-2-6-12-13-10/h2-3,6,8-9,11H,4-5,7H2,1H3. The summed E-state index contributed by atoms with van der Waals surface area (Å²) in [5, 5.41) is 11.3. The third-order valence-corrected chi connectivity index (χ3v) is 2.56. The Balaban J connectivity index is 1.78. The smallest absolute Gasteiger partial charge is 0.0769 e. The molecule has 0 bridgehead atoms. The minimum Gasteiger partial charge on any atom is -0.308 e. The molecule has 0 radical (unpaired) electrons. The molecule has 0 saturated heterocycles. The van der Waals surface area contributed by atoms with Gasteiger partial charge in [-0.2, -0.15) is 10.2 Å². The van der Waals surface area contributed by atoms with Crippen LogP contribution in [0.4, 0.5) is 0 Å². The minimum atomic E-state index is 0.627. The van der Waals surface area contributed by atoms with Crippen molar-refractivity contribution in [3.63, 3.8) is 0 Å². The number of nitrogens with one attached hydrogen (secondary N) is 1. The number of aromatic nitrogens is 2. The molecule has 1 aromatic rings. The second-order valence-electron chi connectivity index (χ2n) is 3.72. The van der Waals surface area contributed by atoms with Gasteiger partial charge < -0.3 is 5.32 Å². The van der Waals surface area contributed by atoms with Crippen molar-refractivity contribution in [2.24, 2.45) is 5.92 Å². The summed E-state index contributed by atoms with van der Waals surface area (Å²) < 4.78 is 0. The maximum absolute atomic E-state index is 4.02. The average Bonchev–Trinajstić information content (AvgIpc) is 2.99. The lowest BCUT2D eigenvalue weighted by Crippen LogP contribution is -2.27. The summed E-state index contributed by atoms with van der Waals surface area (Å²) in [6, 6.07) is 4.55. The van der Waals surface area contributed by atoms with Gasteiger partial charge in [0.1, 0.15) is 0 Å². The van der Waals surface area contributed by atoms with Crippen molar-refractivity contribution in [3.05, 3.63) is 24.0 Å². The van der Waals surface area contributed by atoms with Crippen molar-refractivity contribution in [2.45, 2.75) is 32.4 Å². The van der Waals surface area contributed by atoms with Gasteiger partial charge in [0.05, 0.1) is 5.69 Å². The molecule has 0 aliphatic heterocycles. The first-order chi connectivity index (χ1) is 6.36. The van der Waals surface area contributed by atoms with Crippen molar-refractivity contribution in [3.8, 4) is 0 Å². The van der Waals surface area contributed by atoms with Crippen molar-refractivity contribution < 1.29 is 0 Å². The molecular formula is C10H15N3. The molecule has 1 aliphatic carbocycles. The normalized spacial score (nSPS) is 18.5. The van der Waals surface area contributed by atoms with E-state index in [2.05, 4.69) is 22.4 Å². The molecule has 1 unspecified atom stereocenters. The fourth-order valence-corrected chi connectivity index (χ4v) is 1.46. The third kappa shape index (κ3) is 2.49. The van der Waals surface area contributed by atoms with Crippen LogP contribution in [0.1, 0.15) is 25.5 Å². The van der Waals surface area contributed by atoms with Crippen LogP contribution < -0.4 is 5.32 Å². The summed E-state index contributed by atoms with van der Waals surface area (Å²) in [7, 11) is 0. The van der Waals surface area contributed by atoms with Gasteiger partial charge >= 0.3 is 0 Å². The van der Waals surface area contributed by atoms with E-state index in [-0.39, 0.29) is 0 Å². The predicted octanol–water partition coefficient (Wildman–Crippen LogP) is 1.36. The Morgan fingerprint density at radius 2 is 2.46 bits per heavy atom. The molecule has 1 heterocycles. The van der Waals surface area contributed by atoms with Gasteiger partial charge in [-0.15, -0.1) is 0 Å². The van der Waals surface area contributed by atoms with Crippen molar-refractivity contribution in [1.29, 1.82) is 0 Å². The molecule has 1 aliphatic rings. The first-order valence-electron chi connectivity index (χ1n) is 4.86. The van der Waals surface area contributed by atoms with E-state index < -0.39 is 0 Å². The largest absolute Gasteiger partial charge is 0.308 e. The molecule has 70 valence electrons. The van der Waals surface area contributed by atoms with E-state index in [1.165, 1.54) is 12.8 Å². The summed E-state index contributed by atoms with van der Waals surface area (Å²) in [5.74, 6) is 0.900. The Bertz CT molecular complexity index is 256. The number of hydrogen-bond donors (Lipinski definition) is 1. The van der Waals surface area contributed by atoms with E-state index in [9.17, 15) is 0 Å². The Kier molecular flexibility index (Phi) is 2.54. The lowest BCUT2D eigenvalue weighted by molar-refractivity contribution is 0.490. The van der Waals surface area contributed by atoms with Gasteiger partial charge in [0.25, 0.3) is 0 Å². The van der Waals surface area contributed by atoms with E-state index in [0.29, 0.717) is 6.04 Å². The van der Waals surface area contributed by atoms with E-state index in [0.717, 1.165) is 18.2 Å². The van der Waals surface area contributed by atoms with Crippen LogP contribution in [0.5, 0.6) is 0 Å². The van der Waals surface area contributed by atoms with Crippen LogP contribution in [0.3, 0.4) is 0 Å². The highest BCUT2D eigenvalue weighted by Gasteiger charge is 2.27. The molecule has 1 saturated carbocycles. The van der Waals surface area contributed by atoms with Gasteiger partial charge in [0.15, 0.2) is 0 Å². The van der Waals surface area contributed by atoms with Crippen molar-refractivity contribution in [1.82, 2.24) is 15.5 Å². The molecule has 0 spiro atoms. The number of rotatable bonds is 4. The Morgan fingerprint density at radius 1 is 1.62 bits per heavy atom. The quantitative estimate of drug-likeness (QED) is 0.754. The summed E-state index contributed by atoms with van der Waals surface area (Å²) >= 11 is 0. The number of hydrogen-bond acceptors (Lipinski definition) is 3. The SMILES string of the molecule is CC(NCc1cccnn1)C1CC1. The van der Waals surface area contributed by atoms with Crippen LogP contribution in [-0.4, -0.2) is 16.2 Å². The van der Waals surface area contributed by atoms with Crippen molar-refractivity contribution >= 4 is 0 Å². The highest BCUT2D eigenvalue weighted by atomic mass is 15.1. The molecule has 0 aromatic carbocycles. The molecule has 3 nitrogen and oxygen atoms in total. The van der Waals surface area contributed by atoms with Gasteiger partial charge in [-0.1, -0.05) is 0 Å². The Labute approximate surface area is 78.6 Å². The lowest BCUT2D eigenvalue weighted by Gasteiger charge is -2.11. The second-order valence-corrected chi connectivity index (χ2v) is 3.72.